The topological polar surface area (TPSA) is 89.8 Å². The molecule has 7 nitrogen and oxygen atoms in total. The van der Waals surface area contributed by atoms with Gasteiger partial charge in [0.2, 0.25) is 5.91 Å². The zero-order chi connectivity index (χ0) is 18.4. The van der Waals surface area contributed by atoms with E-state index in [9.17, 15) is 19.7 Å². The molecule has 1 atom stereocenters. The maximum absolute atomic E-state index is 12.7. The van der Waals surface area contributed by atoms with E-state index < -0.39 is 16.1 Å². The predicted octanol–water partition coefficient (Wildman–Crippen LogP) is 2.88. The molecule has 1 unspecified atom stereocenters. The molecule has 1 aliphatic carbocycles. The maximum Gasteiger partial charge on any atom is 0.325 e. The predicted molar refractivity (Wildman–Crippen MR) is 94.4 cm³/mol. The molecule has 0 saturated heterocycles. The Morgan fingerprint density at radius 1 is 1.36 bits per heavy atom. The molecule has 1 fully saturated rings. The minimum Gasteiger partial charge on any atom is -0.465 e. The molecule has 1 aromatic rings. The fourth-order valence-electron chi connectivity index (χ4n) is 2.37. The average molecular weight is 366 g/mol. The van der Waals surface area contributed by atoms with E-state index in [1.165, 1.54) is 23.9 Å². The van der Waals surface area contributed by atoms with Crippen LogP contribution in [0, 0.1) is 16.0 Å². The third kappa shape index (κ3) is 6.04. The van der Waals surface area contributed by atoms with Crippen molar-refractivity contribution in [2.24, 2.45) is 5.92 Å². The Labute approximate surface area is 150 Å². The molecule has 0 spiro atoms. The Balaban J connectivity index is 1.98. The first-order valence-electron chi connectivity index (χ1n) is 8.26. The summed E-state index contributed by atoms with van der Waals surface area (Å²) in [6, 6.07) is 6.09. The van der Waals surface area contributed by atoms with Gasteiger partial charge in [-0.3, -0.25) is 19.7 Å². The van der Waals surface area contributed by atoms with Crippen molar-refractivity contribution >= 4 is 29.3 Å². The van der Waals surface area contributed by atoms with E-state index in [4.69, 9.17) is 4.74 Å². The number of carbonyl (C=O) groups excluding carboxylic acids is 2. The summed E-state index contributed by atoms with van der Waals surface area (Å²) in [5, 5.41) is 10.3. The summed E-state index contributed by atoms with van der Waals surface area (Å²) in [6.45, 7) is 4.34. The van der Waals surface area contributed by atoms with Gasteiger partial charge in [0.1, 0.15) is 6.54 Å². The highest BCUT2D eigenvalue weighted by atomic mass is 32.2. The van der Waals surface area contributed by atoms with Crippen molar-refractivity contribution in [1.82, 2.24) is 4.90 Å². The molecule has 0 N–H and O–H groups in total. The Bertz CT molecular complexity index is 630. The fourth-order valence-corrected chi connectivity index (χ4v) is 3.32. The Kier molecular flexibility index (Phi) is 6.81. The van der Waals surface area contributed by atoms with Gasteiger partial charge in [-0.2, -0.15) is 0 Å². The fraction of sp³-hybridized carbons (Fsp3) is 0.529. The molecule has 0 radical (unpaired) electrons. The number of nitrogens with zero attached hydrogens (tertiary/aromatic N) is 2. The van der Waals surface area contributed by atoms with Gasteiger partial charge in [-0.25, -0.2) is 0 Å². The third-order valence-electron chi connectivity index (χ3n) is 3.82. The number of ether oxygens (including phenoxy) is 1. The molecular weight excluding hydrogens is 344 g/mol. The van der Waals surface area contributed by atoms with Crippen LogP contribution in [-0.2, 0) is 14.3 Å². The number of nitro benzene ring substituents is 1. The average Bonchev–Trinajstić information content (AvgIpc) is 3.38. The lowest BCUT2D eigenvalue weighted by atomic mass is 10.3. The van der Waals surface area contributed by atoms with Crippen LogP contribution < -0.4 is 0 Å². The van der Waals surface area contributed by atoms with Crippen molar-refractivity contribution in [2.75, 3.05) is 19.7 Å². The van der Waals surface area contributed by atoms with Gasteiger partial charge in [-0.1, -0.05) is 0 Å². The van der Waals surface area contributed by atoms with Crippen LogP contribution in [-0.4, -0.2) is 46.6 Å². The smallest absolute Gasteiger partial charge is 0.325 e. The number of amides is 1. The molecule has 1 saturated carbocycles. The van der Waals surface area contributed by atoms with Gasteiger partial charge in [0.25, 0.3) is 5.69 Å². The molecule has 8 heteroatoms. The van der Waals surface area contributed by atoms with Crippen LogP contribution >= 0.6 is 11.8 Å². The number of non-ortho nitro benzene ring substituents is 1. The summed E-state index contributed by atoms with van der Waals surface area (Å²) in [5.41, 5.74) is 0.0148. The largest absolute Gasteiger partial charge is 0.465 e. The van der Waals surface area contributed by atoms with E-state index in [0.29, 0.717) is 12.5 Å². The summed E-state index contributed by atoms with van der Waals surface area (Å²) in [4.78, 5) is 37.0. The van der Waals surface area contributed by atoms with Gasteiger partial charge in [0, 0.05) is 23.6 Å². The summed E-state index contributed by atoms with van der Waals surface area (Å²) in [7, 11) is 0. The van der Waals surface area contributed by atoms with Crippen LogP contribution in [0.5, 0.6) is 0 Å². The van der Waals surface area contributed by atoms with E-state index >= 15 is 0 Å². The Morgan fingerprint density at radius 2 is 2.00 bits per heavy atom. The summed E-state index contributed by atoms with van der Waals surface area (Å²) < 4.78 is 4.95. The molecule has 1 aliphatic rings. The second-order valence-electron chi connectivity index (χ2n) is 5.98. The maximum atomic E-state index is 12.7. The van der Waals surface area contributed by atoms with Crippen LogP contribution in [0.2, 0.25) is 0 Å². The minimum atomic E-state index is -0.459. The van der Waals surface area contributed by atoms with Gasteiger partial charge in [0.15, 0.2) is 0 Å². The number of thioether (sulfide) groups is 1. The first-order valence-corrected chi connectivity index (χ1v) is 9.14. The molecule has 0 aliphatic heterocycles. The molecule has 0 aromatic heterocycles. The summed E-state index contributed by atoms with van der Waals surface area (Å²) in [6.07, 6.45) is 2.16. The standard InChI is InChI=1S/C17H22N2O5S/c1-3-24-16(20)11-18(10-13-4-5-13)17(21)12(2)25-15-8-6-14(7-9-15)19(22)23/h6-9,12-13H,3-5,10-11H2,1-2H3. The van der Waals surface area contributed by atoms with Crippen LogP contribution in [0.1, 0.15) is 26.7 Å². The number of carbonyl (C=O) groups is 2. The monoisotopic (exact) mass is 366 g/mol. The van der Waals surface area contributed by atoms with Gasteiger partial charge in [-0.15, -0.1) is 11.8 Å². The molecular formula is C17H22N2O5S. The second kappa shape index (κ2) is 8.84. The van der Waals surface area contributed by atoms with Crippen molar-refractivity contribution in [3.8, 4) is 0 Å². The second-order valence-corrected chi connectivity index (χ2v) is 7.39. The first-order chi connectivity index (χ1) is 11.9. The van der Waals surface area contributed by atoms with Crippen LogP contribution in [0.15, 0.2) is 29.2 Å². The third-order valence-corrected chi connectivity index (χ3v) is 4.92. The number of nitro groups is 1. The van der Waals surface area contributed by atoms with E-state index in [-0.39, 0.29) is 24.7 Å². The van der Waals surface area contributed by atoms with Gasteiger partial charge < -0.3 is 9.64 Å². The van der Waals surface area contributed by atoms with E-state index in [2.05, 4.69) is 0 Å². The normalized spacial score (nSPS) is 14.6. The van der Waals surface area contributed by atoms with Gasteiger partial charge >= 0.3 is 5.97 Å². The lowest BCUT2D eigenvalue weighted by Gasteiger charge is -2.24. The van der Waals surface area contributed by atoms with Crippen molar-refractivity contribution in [1.29, 1.82) is 0 Å². The quantitative estimate of drug-likeness (QED) is 0.289. The number of rotatable bonds is 9. The molecule has 0 heterocycles. The zero-order valence-electron chi connectivity index (χ0n) is 14.3. The molecule has 2 rings (SSSR count). The molecule has 25 heavy (non-hydrogen) atoms. The SMILES string of the molecule is CCOC(=O)CN(CC1CC1)C(=O)C(C)Sc1ccc([N+](=O)[O-])cc1. The van der Waals surface area contributed by atoms with Crippen LogP contribution in [0.4, 0.5) is 5.69 Å². The molecule has 0 bridgehead atoms. The zero-order valence-corrected chi connectivity index (χ0v) is 15.2. The summed E-state index contributed by atoms with van der Waals surface area (Å²) >= 11 is 1.32. The van der Waals surface area contributed by atoms with Crippen molar-refractivity contribution in [3.63, 3.8) is 0 Å². The van der Waals surface area contributed by atoms with Crippen molar-refractivity contribution in [2.45, 2.75) is 36.8 Å². The van der Waals surface area contributed by atoms with Crippen LogP contribution in [0.3, 0.4) is 0 Å². The minimum absolute atomic E-state index is 0.0148. The first kappa shape index (κ1) is 19.2. The Morgan fingerprint density at radius 3 is 2.52 bits per heavy atom. The van der Waals surface area contributed by atoms with E-state index in [0.717, 1.165) is 17.7 Å². The highest BCUT2D eigenvalue weighted by molar-refractivity contribution is 8.00. The van der Waals surface area contributed by atoms with Crippen molar-refractivity contribution < 1.29 is 19.2 Å². The van der Waals surface area contributed by atoms with Crippen LogP contribution in [0.25, 0.3) is 0 Å². The molecule has 1 amide bonds. The van der Waals surface area contributed by atoms with E-state index in [1.807, 2.05) is 0 Å². The van der Waals surface area contributed by atoms with Crippen molar-refractivity contribution in [3.05, 3.63) is 34.4 Å². The van der Waals surface area contributed by atoms with E-state index in [1.54, 1.807) is 30.9 Å². The highest BCUT2D eigenvalue weighted by Crippen LogP contribution is 2.31. The van der Waals surface area contributed by atoms with Gasteiger partial charge in [0.05, 0.1) is 16.8 Å². The number of esters is 1. The lowest BCUT2D eigenvalue weighted by molar-refractivity contribution is -0.384. The molecule has 136 valence electrons. The number of benzene rings is 1. The molecule has 1 aromatic carbocycles. The lowest BCUT2D eigenvalue weighted by Crippen LogP contribution is -2.41. The van der Waals surface area contributed by atoms with Gasteiger partial charge in [-0.05, 0) is 44.7 Å². The summed E-state index contributed by atoms with van der Waals surface area (Å²) in [5.74, 6) is -0.0534. The highest BCUT2D eigenvalue weighted by Gasteiger charge is 2.30. The Hall–Kier alpha value is -2.09. The number of hydrogen-bond donors (Lipinski definition) is 0. The number of hydrogen-bond acceptors (Lipinski definition) is 6.